The van der Waals surface area contributed by atoms with Crippen LogP contribution in [0.1, 0.15) is 59.3 Å². The topological polar surface area (TPSA) is 46.2 Å². The number of hydrogen-bond acceptors (Lipinski definition) is 2. The summed E-state index contributed by atoms with van der Waals surface area (Å²) in [4.78, 5) is 0. The lowest BCUT2D eigenvalue weighted by molar-refractivity contribution is 0.572. The fraction of sp³-hybridized carbons (Fsp3) is 1.00. The summed E-state index contributed by atoms with van der Waals surface area (Å²) in [5, 5.41) is 0. The Morgan fingerprint density at radius 2 is 1.40 bits per heavy atom. The van der Waals surface area contributed by atoms with Crippen LogP contribution in [0.3, 0.4) is 0 Å². The van der Waals surface area contributed by atoms with Gasteiger partial charge in [-0.1, -0.05) is 52.9 Å². The number of rotatable bonds is 8. The second-order valence-corrected chi connectivity index (χ2v) is 5.27. The van der Waals surface area contributed by atoms with Crippen LogP contribution in [0.15, 0.2) is 0 Å². The second kappa shape index (κ2) is 12.0. The van der Waals surface area contributed by atoms with E-state index in [9.17, 15) is 8.42 Å². The molecule has 3 nitrogen and oxygen atoms in total. The maximum Gasteiger partial charge on any atom is 0.208 e. The van der Waals surface area contributed by atoms with E-state index in [0.29, 0.717) is 6.54 Å². The van der Waals surface area contributed by atoms with E-state index in [0.717, 1.165) is 12.8 Å². The Kier molecular flexibility index (Phi) is 13.8. The highest BCUT2D eigenvalue weighted by molar-refractivity contribution is 7.88. The fourth-order valence-electron chi connectivity index (χ4n) is 1.16. The largest absolute Gasteiger partial charge is 0.215 e. The van der Waals surface area contributed by atoms with Crippen molar-refractivity contribution in [3.63, 3.8) is 0 Å². The quantitative estimate of drug-likeness (QED) is 0.660. The highest BCUT2D eigenvalue weighted by atomic mass is 32.2. The van der Waals surface area contributed by atoms with E-state index in [-0.39, 0.29) is 0 Å². The summed E-state index contributed by atoms with van der Waals surface area (Å²) in [5.41, 5.74) is 0. The highest BCUT2D eigenvalue weighted by Gasteiger charge is 1.97. The lowest BCUT2D eigenvalue weighted by atomic mass is 10.1. The summed E-state index contributed by atoms with van der Waals surface area (Å²) in [6.07, 6.45) is 8.32. The van der Waals surface area contributed by atoms with Crippen LogP contribution in [-0.4, -0.2) is 21.2 Å². The van der Waals surface area contributed by atoms with Crippen LogP contribution in [0.2, 0.25) is 0 Å². The van der Waals surface area contributed by atoms with Gasteiger partial charge in [-0.3, -0.25) is 0 Å². The summed E-state index contributed by atoms with van der Waals surface area (Å²) >= 11 is 0. The van der Waals surface area contributed by atoms with Gasteiger partial charge in [-0.05, 0) is 6.42 Å². The molecule has 0 amide bonds. The Hall–Kier alpha value is -0.0900. The van der Waals surface area contributed by atoms with Gasteiger partial charge in [0.2, 0.25) is 10.0 Å². The molecule has 0 aliphatic rings. The summed E-state index contributed by atoms with van der Waals surface area (Å²) < 4.78 is 23.8. The van der Waals surface area contributed by atoms with E-state index >= 15 is 0 Å². The first-order valence-corrected chi connectivity index (χ1v) is 7.90. The van der Waals surface area contributed by atoms with Crippen LogP contribution in [-0.2, 0) is 10.0 Å². The van der Waals surface area contributed by atoms with Crippen molar-refractivity contribution in [1.82, 2.24) is 4.72 Å². The van der Waals surface area contributed by atoms with Crippen molar-refractivity contribution in [3.05, 3.63) is 0 Å². The standard InChI is InChI=1S/C9H21NO2S.C2H6/c1-3-4-5-6-7-8-9-10-13(2,11)12;1-2/h10H,3-9H2,1-2H3;1-2H3. The van der Waals surface area contributed by atoms with Crippen LogP contribution in [0.4, 0.5) is 0 Å². The summed E-state index contributed by atoms with van der Waals surface area (Å²) in [6, 6.07) is 0. The first kappa shape index (κ1) is 17.3. The van der Waals surface area contributed by atoms with E-state index in [4.69, 9.17) is 0 Å². The first-order chi connectivity index (χ1) is 7.06. The van der Waals surface area contributed by atoms with E-state index in [1.165, 1.54) is 31.9 Å². The minimum atomic E-state index is -2.97. The van der Waals surface area contributed by atoms with Gasteiger partial charge in [0.05, 0.1) is 6.26 Å². The van der Waals surface area contributed by atoms with Crippen molar-refractivity contribution in [1.29, 1.82) is 0 Å². The van der Waals surface area contributed by atoms with Crippen molar-refractivity contribution >= 4 is 10.0 Å². The van der Waals surface area contributed by atoms with Gasteiger partial charge in [-0.2, -0.15) is 0 Å². The first-order valence-electron chi connectivity index (χ1n) is 6.01. The molecule has 0 unspecified atom stereocenters. The number of unbranched alkanes of at least 4 members (excludes halogenated alkanes) is 5. The van der Waals surface area contributed by atoms with Gasteiger partial charge in [0, 0.05) is 6.54 Å². The van der Waals surface area contributed by atoms with Crippen LogP contribution >= 0.6 is 0 Å². The molecule has 0 aromatic heterocycles. The molecule has 0 aromatic rings. The molecule has 0 spiro atoms. The third-order valence-electron chi connectivity index (χ3n) is 1.89. The van der Waals surface area contributed by atoms with Gasteiger partial charge in [0.1, 0.15) is 0 Å². The smallest absolute Gasteiger partial charge is 0.208 e. The zero-order chi connectivity index (χ0) is 12.2. The van der Waals surface area contributed by atoms with Gasteiger partial charge in [-0.25, -0.2) is 13.1 Å². The molecule has 0 aliphatic heterocycles. The minimum absolute atomic E-state index is 0.588. The van der Waals surface area contributed by atoms with Crippen molar-refractivity contribution in [2.24, 2.45) is 0 Å². The molecule has 0 saturated heterocycles. The van der Waals surface area contributed by atoms with Crippen LogP contribution < -0.4 is 4.72 Å². The molecule has 4 heteroatoms. The second-order valence-electron chi connectivity index (χ2n) is 3.43. The molecule has 94 valence electrons. The van der Waals surface area contributed by atoms with Gasteiger partial charge in [0.25, 0.3) is 0 Å². The normalized spacial score (nSPS) is 10.7. The molecule has 0 aromatic carbocycles. The van der Waals surface area contributed by atoms with Crippen LogP contribution in [0, 0.1) is 0 Å². The molecule has 0 fully saturated rings. The predicted molar refractivity (Wildman–Crippen MR) is 67.6 cm³/mol. The van der Waals surface area contributed by atoms with Gasteiger partial charge < -0.3 is 0 Å². The van der Waals surface area contributed by atoms with Crippen molar-refractivity contribution in [2.45, 2.75) is 59.3 Å². The molecule has 0 radical (unpaired) electrons. The molecule has 0 bridgehead atoms. The molecule has 0 aliphatic carbocycles. The van der Waals surface area contributed by atoms with Crippen LogP contribution in [0.5, 0.6) is 0 Å². The monoisotopic (exact) mass is 237 g/mol. The molecular formula is C11H27NO2S. The predicted octanol–water partition coefficient (Wildman–Crippen LogP) is 2.92. The Bertz CT molecular complexity index is 201. The van der Waals surface area contributed by atoms with Crippen molar-refractivity contribution in [2.75, 3.05) is 12.8 Å². The summed E-state index contributed by atoms with van der Waals surface area (Å²) in [7, 11) is -2.97. The molecule has 0 rings (SSSR count). The summed E-state index contributed by atoms with van der Waals surface area (Å²) in [6.45, 7) is 6.77. The Morgan fingerprint density at radius 1 is 0.933 bits per heavy atom. The van der Waals surface area contributed by atoms with Crippen LogP contribution in [0.25, 0.3) is 0 Å². The molecular weight excluding hydrogens is 210 g/mol. The van der Waals surface area contributed by atoms with Gasteiger partial charge >= 0.3 is 0 Å². The molecule has 0 atom stereocenters. The van der Waals surface area contributed by atoms with E-state index in [2.05, 4.69) is 11.6 Å². The number of sulfonamides is 1. The maximum absolute atomic E-state index is 10.7. The lowest BCUT2D eigenvalue weighted by Crippen LogP contribution is -2.22. The molecule has 1 N–H and O–H groups in total. The SMILES string of the molecule is CC.CCCCCCCCNS(C)(=O)=O. The van der Waals surface area contributed by atoms with E-state index in [1.807, 2.05) is 13.8 Å². The lowest BCUT2D eigenvalue weighted by Gasteiger charge is -2.01. The zero-order valence-electron chi connectivity index (χ0n) is 10.7. The zero-order valence-corrected chi connectivity index (χ0v) is 11.5. The van der Waals surface area contributed by atoms with E-state index in [1.54, 1.807) is 0 Å². The third-order valence-corrected chi connectivity index (χ3v) is 2.62. The van der Waals surface area contributed by atoms with Crippen molar-refractivity contribution < 1.29 is 8.42 Å². The maximum atomic E-state index is 10.7. The van der Waals surface area contributed by atoms with Crippen molar-refractivity contribution in [3.8, 4) is 0 Å². The van der Waals surface area contributed by atoms with Gasteiger partial charge in [-0.15, -0.1) is 0 Å². The molecule has 0 heterocycles. The fourth-order valence-corrected chi connectivity index (χ4v) is 1.68. The number of hydrogen-bond donors (Lipinski definition) is 1. The molecule has 15 heavy (non-hydrogen) atoms. The molecule has 0 saturated carbocycles. The average molecular weight is 237 g/mol. The highest BCUT2D eigenvalue weighted by Crippen LogP contribution is 2.03. The summed E-state index contributed by atoms with van der Waals surface area (Å²) in [5.74, 6) is 0. The Morgan fingerprint density at radius 3 is 1.87 bits per heavy atom. The third kappa shape index (κ3) is 20.1. The minimum Gasteiger partial charge on any atom is -0.215 e. The van der Waals surface area contributed by atoms with E-state index < -0.39 is 10.0 Å². The average Bonchev–Trinajstić information content (AvgIpc) is 2.18. The van der Waals surface area contributed by atoms with Gasteiger partial charge in [0.15, 0.2) is 0 Å². The Balaban J connectivity index is 0. The Labute approximate surface area is 95.7 Å². The number of nitrogens with one attached hydrogen (secondary N) is 1.